The van der Waals surface area contributed by atoms with Crippen LogP contribution < -0.4 is 33.2 Å². The fourth-order valence-corrected chi connectivity index (χ4v) is 6.90. The maximum atomic E-state index is 12.2. The molecule has 1 aliphatic heterocycles. The summed E-state index contributed by atoms with van der Waals surface area (Å²) in [5.74, 6) is 3.02. The summed E-state index contributed by atoms with van der Waals surface area (Å²) in [6, 6.07) is 52.2. The van der Waals surface area contributed by atoms with Crippen LogP contribution in [-0.2, 0) is 4.74 Å². The highest BCUT2D eigenvalue weighted by Crippen LogP contribution is 2.42. The standard InChI is InChI=1S/C19H20O4.C17H16O3.C15H12O3.C14H12O3/c1-4-15-10-12-16(13-11-15)19(20)23-18-9-7-6-8-17(18)22-14(3)21-5-2;1-4-12-5-7-13(8-6-12)18-14-9-10-15-16(11-14)20-17(2,3)19-15;1-2-11-7-9-12(10-8-11)15(17)18-14-6-4-3-5-13(14)16;1-2-10-3-5-11(6-4-10)17-12-7-8-13(15)14(16)9-12/h4,6-14H,1,5H2,2-3H3;4-11H,1H2,2-3H3;2-10,16H,1H2;2-9,15-16H,1H2. The summed E-state index contributed by atoms with van der Waals surface area (Å²) in [5, 5.41) is 28.0. The van der Waals surface area contributed by atoms with Crippen molar-refractivity contribution in [2.24, 2.45) is 0 Å². The van der Waals surface area contributed by atoms with Gasteiger partial charge in [-0.1, -0.05) is 123 Å². The van der Waals surface area contributed by atoms with Gasteiger partial charge in [0.25, 0.3) is 0 Å². The lowest BCUT2D eigenvalue weighted by Gasteiger charge is -2.16. The molecule has 0 bridgehead atoms. The molecule has 0 spiro atoms. The van der Waals surface area contributed by atoms with E-state index in [0.717, 1.165) is 39.5 Å². The molecule has 8 aromatic carbocycles. The number of rotatable bonds is 16. The molecule has 9 rings (SSSR count). The Balaban J connectivity index is 0.000000169. The van der Waals surface area contributed by atoms with Gasteiger partial charge in [0, 0.05) is 32.6 Å². The van der Waals surface area contributed by atoms with E-state index in [1.54, 1.807) is 116 Å². The third-order valence-electron chi connectivity index (χ3n) is 10.9. The van der Waals surface area contributed by atoms with E-state index in [1.807, 2.05) is 93.6 Å². The molecule has 78 heavy (non-hydrogen) atoms. The highest BCUT2D eigenvalue weighted by molar-refractivity contribution is 5.92. The SMILES string of the molecule is C=Cc1ccc(C(=O)Oc2ccccc2O)cc1.C=Cc1ccc(C(=O)Oc2ccccc2OC(C)OCC)cc1.C=Cc1ccc(Oc2ccc(O)c(O)c2)cc1.C=Cc1ccc(Oc2ccc3c(c2)OC(C)(C)O3)cc1. The van der Waals surface area contributed by atoms with Crippen LogP contribution in [0.25, 0.3) is 24.3 Å². The number of esters is 2. The van der Waals surface area contributed by atoms with Gasteiger partial charge in [0.1, 0.15) is 23.0 Å². The Hall–Kier alpha value is -9.98. The van der Waals surface area contributed by atoms with Crippen LogP contribution in [0, 0.1) is 0 Å². The number of phenols is 3. The lowest BCUT2D eigenvalue weighted by atomic mass is 10.1. The zero-order chi connectivity index (χ0) is 56.0. The van der Waals surface area contributed by atoms with Crippen LogP contribution in [0.4, 0.5) is 0 Å². The number of para-hydroxylation sites is 4. The molecule has 0 saturated heterocycles. The van der Waals surface area contributed by atoms with E-state index < -0.39 is 24.0 Å². The van der Waals surface area contributed by atoms with Crippen LogP contribution in [0.5, 0.6) is 69.0 Å². The van der Waals surface area contributed by atoms with E-state index in [9.17, 15) is 19.8 Å². The van der Waals surface area contributed by atoms with Crippen molar-refractivity contribution >= 4 is 36.2 Å². The van der Waals surface area contributed by atoms with Gasteiger partial charge >= 0.3 is 11.9 Å². The molecule has 13 nitrogen and oxygen atoms in total. The lowest BCUT2D eigenvalue weighted by Crippen LogP contribution is -2.29. The Morgan fingerprint density at radius 2 is 0.897 bits per heavy atom. The van der Waals surface area contributed by atoms with E-state index in [2.05, 4.69) is 26.3 Å². The molecule has 13 heteroatoms. The predicted octanol–water partition coefficient (Wildman–Crippen LogP) is 15.7. The first-order valence-electron chi connectivity index (χ1n) is 24.5. The molecule has 0 aliphatic carbocycles. The fraction of sp³-hybridized carbons (Fsp3) is 0.108. The number of benzene rings is 8. The molecule has 1 aliphatic rings. The smallest absolute Gasteiger partial charge is 0.343 e. The molecule has 3 N–H and O–H groups in total. The van der Waals surface area contributed by atoms with Crippen molar-refractivity contribution in [3.8, 4) is 69.0 Å². The summed E-state index contributed by atoms with van der Waals surface area (Å²) in [7, 11) is 0. The zero-order valence-corrected chi connectivity index (χ0v) is 43.7. The van der Waals surface area contributed by atoms with Gasteiger partial charge in [-0.3, -0.25) is 0 Å². The number of carbonyl (C=O) groups excluding carboxylic acids is 2. The van der Waals surface area contributed by atoms with Crippen LogP contribution in [0.15, 0.2) is 208 Å². The van der Waals surface area contributed by atoms with Gasteiger partial charge in [-0.15, -0.1) is 0 Å². The van der Waals surface area contributed by atoms with Crippen molar-refractivity contribution in [3.05, 3.63) is 242 Å². The number of ether oxygens (including phenoxy) is 8. The average Bonchev–Trinajstić information content (AvgIpc) is 3.79. The second kappa shape index (κ2) is 28.1. The fourth-order valence-electron chi connectivity index (χ4n) is 6.90. The quantitative estimate of drug-likeness (QED) is 0.0362. The number of carbonyl (C=O) groups is 2. The number of fused-ring (bicyclic) bond motifs is 1. The van der Waals surface area contributed by atoms with Gasteiger partial charge in [0.2, 0.25) is 5.79 Å². The average molecular weight is 1050 g/mol. The minimum absolute atomic E-state index is 0.0615. The Kier molecular flexibility index (Phi) is 20.6. The Bertz CT molecular complexity index is 3290. The first-order chi connectivity index (χ1) is 37.6. The molecule has 1 unspecified atom stereocenters. The summed E-state index contributed by atoms with van der Waals surface area (Å²) in [6.45, 7) is 22.7. The second-order valence-electron chi connectivity index (χ2n) is 17.1. The molecule has 398 valence electrons. The van der Waals surface area contributed by atoms with Crippen molar-refractivity contribution in [2.45, 2.75) is 39.8 Å². The summed E-state index contributed by atoms with van der Waals surface area (Å²) in [4.78, 5) is 24.0. The molecule has 0 amide bonds. The first-order valence-corrected chi connectivity index (χ1v) is 24.5. The predicted molar refractivity (Wildman–Crippen MR) is 304 cm³/mol. The van der Waals surface area contributed by atoms with Gasteiger partial charge in [0.05, 0.1) is 11.1 Å². The lowest BCUT2D eigenvalue weighted by molar-refractivity contribution is -0.0623. The topological polar surface area (TPSA) is 169 Å². The monoisotopic (exact) mass is 1050 g/mol. The third-order valence-corrected chi connectivity index (χ3v) is 10.9. The highest BCUT2D eigenvalue weighted by Gasteiger charge is 2.32. The largest absolute Gasteiger partial charge is 0.504 e. The van der Waals surface area contributed by atoms with Crippen LogP contribution in [0.1, 0.15) is 70.7 Å². The zero-order valence-electron chi connectivity index (χ0n) is 43.7. The minimum Gasteiger partial charge on any atom is -0.504 e. The van der Waals surface area contributed by atoms with Crippen LogP contribution in [0.2, 0.25) is 0 Å². The Morgan fingerprint density at radius 3 is 1.37 bits per heavy atom. The van der Waals surface area contributed by atoms with Crippen molar-refractivity contribution in [1.29, 1.82) is 0 Å². The van der Waals surface area contributed by atoms with E-state index in [-0.39, 0.29) is 23.0 Å². The van der Waals surface area contributed by atoms with Gasteiger partial charge in [-0.25, -0.2) is 9.59 Å². The maximum absolute atomic E-state index is 12.2. The molecule has 1 heterocycles. The second-order valence-corrected chi connectivity index (χ2v) is 17.1. The van der Waals surface area contributed by atoms with E-state index in [4.69, 9.17) is 43.0 Å². The Morgan fingerprint density at radius 1 is 0.487 bits per heavy atom. The number of hydrogen-bond donors (Lipinski definition) is 3. The van der Waals surface area contributed by atoms with Gasteiger partial charge in [-0.2, -0.15) is 0 Å². The summed E-state index contributed by atoms with van der Waals surface area (Å²) in [5.41, 5.74) is 4.81. The molecule has 0 aromatic heterocycles. The normalized spacial score (nSPS) is 11.6. The maximum Gasteiger partial charge on any atom is 0.343 e. The van der Waals surface area contributed by atoms with Crippen molar-refractivity contribution in [1.82, 2.24) is 0 Å². The van der Waals surface area contributed by atoms with Gasteiger partial charge < -0.3 is 53.2 Å². The Labute approximate surface area is 454 Å². The molecule has 0 fully saturated rings. The summed E-state index contributed by atoms with van der Waals surface area (Å²) >= 11 is 0. The molecular weight excluding hydrogens is 989 g/mol. The molecule has 1 atom stereocenters. The summed E-state index contributed by atoms with van der Waals surface area (Å²) in [6.07, 6.45) is 6.53. The van der Waals surface area contributed by atoms with E-state index in [1.165, 1.54) is 24.3 Å². The first kappa shape index (κ1) is 57.3. The van der Waals surface area contributed by atoms with Crippen molar-refractivity contribution < 1.29 is 62.8 Å². The molecule has 8 aromatic rings. The van der Waals surface area contributed by atoms with E-state index in [0.29, 0.717) is 46.5 Å². The number of hydrogen-bond acceptors (Lipinski definition) is 13. The van der Waals surface area contributed by atoms with Gasteiger partial charge in [0.15, 0.2) is 52.3 Å². The van der Waals surface area contributed by atoms with Crippen LogP contribution >= 0.6 is 0 Å². The van der Waals surface area contributed by atoms with Crippen molar-refractivity contribution in [3.63, 3.8) is 0 Å². The molecular formula is C65H60O13. The van der Waals surface area contributed by atoms with Crippen LogP contribution in [-0.4, -0.2) is 45.9 Å². The minimum atomic E-state index is -0.618. The highest BCUT2D eigenvalue weighted by atomic mass is 16.7. The molecule has 0 radical (unpaired) electrons. The third kappa shape index (κ3) is 17.3. The number of aromatic hydroxyl groups is 3. The van der Waals surface area contributed by atoms with E-state index >= 15 is 0 Å². The summed E-state index contributed by atoms with van der Waals surface area (Å²) < 4.78 is 44.2. The van der Waals surface area contributed by atoms with Gasteiger partial charge in [-0.05, 0) is 133 Å². The molecule has 0 saturated carbocycles. The van der Waals surface area contributed by atoms with Crippen molar-refractivity contribution in [2.75, 3.05) is 6.61 Å². The van der Waals surface area contributed by atoms with Crippen LogP contribution in [0.3, 0.4) is 0 Å². The number of phenolic OH excluding ortho intramolecular Hbond substituents is 3.